The van der Waals surface area contributed by atoms with Crippen molar-refractivity contribution in [2.75, 3.05) is 0 Å². The molecule has 0 radical (unpaired) electrons. The number of aromatic nitrogens is 3. The molecule has 4 nitrogen and oxygen atoms in total. The normalized spacial score (nSPS) is 11.7. The number of phenols is 1. The topological polar surface area (TPSA) is 50.9 Å². The molecule has 5 heteroatoms. The first-order valence-corrected chi connectivity index (χ1v) is 17.5. The largest absolute Gasteiger partial charge is 0.507 e. The van der Waals surface area contributed by atoms with Gasteiger partial charge in [-0.25, -0.2) is 4.98 Å². The zero-order chi connectivity index (χ0) is 35.2. The number of para-hydroxylation sites is 3. The number of imidazole rings is 1. The molecular weight excluding hydrogens is 806 g/mol. The van der Waals surface area contributed by atoms with Gasteiger partial charge in [0.25, 0.3) is 0 Å². The van der Waals surface area contributed by atoms with Crippen LogP contribution < -0.4 is 0 Å². The first-order chi connectivity index (χ1) is 24.0. The van der Waals surface area contributed by atoms with Gasteiger partial charge < -0.3 is 5.11 Å². The predicted octanol–water partition coefficient (Wildman–Crippen LogP) is 12.1. The van der Waals surface area contributed by atoms with Gasteiger partial charge in [-0.3, -0.25) is 9.55 Å². The predicted molar refractivity (Wildman–Crippen MR) is 208 cm³/mol. The van der Waals surface area contributed by atoms with Crippen molar-refractivity contribution in [2.45, 2.75) is 65.7 Å². The van der Waals surface area contributed by atoms with Gasteiger partial charge in [-0.05, 0) is 75.9 Å². The van der Waals surface area contributed by atoms with Crippen LogP contribution in [-0.4, -0.2) is 19.6 Å². The average molecular weight is 850 g/mol. The van der Waals surface area contributed by atoms with Gasteiger partial charge >= 0.3 is 0 Å². The van der Waals surface area contributed by atoms with Crippen LogP contribution in [0.25, 0.3) is 61.6 Å². The second-order valence-corrected chi connectivity index (χ2v) is 14.9. The Morgan fingerprint density at radius 1 is 0.667 bits per heavy atom. The van der Waals surface area contributed by atoms with E-state index in [1.807, 2.05) is 42.6 Å². The Labute approximate surface area is 316 Å². The number of nitrogens with zero attached hydrogens (tertiary/aromatic N) is 3. The van der Waals surface area contributed by atoms with Crippen LogP contribution in [0.5, 0.6) is 5.75 Å². The first-order valence-electron chi connectivity index (χ1n) is 17.5. The number of fused-ring (bicyclic) bond motifs is 1. The first kappa shape index (κ1) is 36.0. The summed E-state index contributed by atoms with van der Waals surface area (Å²) in [6, 6.07) is 43.5. The molecule has 2 aromatic heterocycles. The summed E-state index contributed by atoms with van der Waals surface area (Å²) in [5, 5.41) is 11.0. The maximum Gasteiger partial charge on any atom is 0.148 e. The number of pyridine rings is 1. The molecule has 0 saturated heterocycles. The molecule has 0 bridgehead atoms. The van der Waals surface area contributed by atoms with Crippen LogP contribution in [0.15, 0.2) is 121 Å². The maximum absolute atomic E-state index is 11.0. The molecule has 2 heterocycles. The van der Waals surface area contributed by atoms with Gasteiger partial charge in [-0.1, -0.05) is 132 Å². The molecule has 0 unspecified atom stereocenters. The van der Waals surface area contributed by atoms with E-state index in [4.69, 9.17) is 9.97 Å². The van der Waals surface area contributed by atoms with Crippen LogP contribution in [0.2, 0.25) is 0 Å². The molecule has 1 N–H and O–H groups in total. The molecule has 0 aliphatic carbocycles. The van der Waals surface area contributed by atoms with Crippen LogP contribution in [0.3, 0.4) is 0 Å². The van der Waals surface area contributed by atoms with Gasteiger partial charge in [0, 0.05) is 38.6 Å². The Bertz CT molecular complexity index is 2300. The molecule has 0 atom stereocenters. The third-order valence-corrected chi connectivity index (χ3v) is 9.55. The van der Waals surface area contributed by atoms with Crippen molar-refractivity contribution >= 4 is 11.0 Å². The van der Waals surface area contributed by atoms with Gasteiger partial charge in [-0.15, -0.1) is 23.8 Å². The Kier molecular flexibility index (Phi) is 10.2. The van der Waals surface area contributed by atoms with Crippen molar-refractivity contribution in [2.24, 2.45) is 0 Å². The van der Waals surface area contributed by atoms with Crippen LogP contribution >= 0.6 is 0 Å². The third kappa shape index (κ3) is 7.21. The summed E-state index contributed by atoms with van der Waals surface area (Å²) in [5.41, 5.74) is 13.3. The molecule has 51 heavy (non-hydrogen) atoms. The summed E-state index contributed by atoms with van der Waals surface area (Å²) < 4.78 is 2.13. The van der Waals surface area contributed by atoms with E-state index in [1.54, 1.807) is 6.07 Å². The number of rotatable bonds is 7. The molecular formula is C46H44N3OPt-. The van der Waals surface area contributed by atoms with E-state index >= 15 is 0 Å². The van der Waals surface area contributed by atoms with Crippen molar-refractivity contribution in [1.29, 1.82) is 0 Å². The fourth-order valence-corrected chi connectivity index (χ4v) is 6.57. The minimum Gasteiger partial charge on any atom is -0.507 e. The molecule has 0 amide bonds. The summed E-state index contributed by atoms with van der Waals surface area (Å²) in [4.78, 5) is 10.2. The van der Waals surface area contributed by atoms with Crippen molar-refractivity contribution in [3.8, 4) is 56.3 Å². The molecule has 0 aliphatic heterocycles. The maximum atomic E-state index is 11.0. The molecule has 5 aromatic carbocycles. The fraction of sp³-hybridized carbons (Fsp3) is 0.217. The summed E-state index contributed by atoms with van der Waals surface area (Å²) in [6.07, 6.45) is 1.91. The number of aromatic hydroxyl groups is 1. The third-order valence-electron chi connectivity index (χ3n) is 9.55. The van der Waals surface area contributed by atoms with E-state index < -0.39 is 0 Å². The summed E-state index contributed by atoms with van der Waals surface area (Å²) in [6.45, 7) is 15.7. The van der Waals surface area contributed by atoms with E-state index in [0.29, 0.717) is 23.2 Å². The Morgan fingerprint density at radius 2 is 1.29 bits per heavy atom. The number of hydrogen-bond donors (Lipinski definition) is 1. The van der Waals surface area contributed by atoms with Gasteiger partial charge in [-0.2, -0.15) is 0 Å². The van der Waals surface area contributed by atoms with Crippen LogP contribution in [0, 0.1) is 6.07 Å². The van der Waals surface area contributed by atoms with E-state index in [9.17, 15) is 5.11 Å². The van der Waals surface area contributed by atoms with Crippen molar-refractivity contribution < 1.29 is 26.2 Å². The molecule has 0 spiro atoms. The SMILES string of the molecule is CC(C)c1cc(-c2cc(-c3cc(C(C)(C)C)ccn3)[c-]c(-c3cccc4c3nc(-c3ccccc3O)n4-c3ccccc3)c2)cc(C(C)C)c1.[Pt]. The number of phenolic OH excluding ortho intramolecular Hbond substituents is 1. The number of hydrogen-bond acceptors (Lipinski definition) is 3. The van der Waals surface area contributed by atoms with Gasteiger partial charge in [0.1, 0.15) is 11.6 Å². The summed E-state index contributed by atoms with van der Waals surface area (Å²) in [5.74, 6) is 1.66. The minimum atomic E-state index is -0.0227. The second-order valence-electron chi connectivity index (χ2n) is 14.9. The van der Waals surface area contributed by atoms with E-state index in [2.05, 4.69) is 132 Å². The van der Waals surface area contributed by atoms with Crippen LogP contribution in [-0.2, 0) is 26.5 Å². The molecule has 0 aliphatic rings. The standard InChI is InChI=1S/C46H44N3O.Pt/c1-29(2)31-22-32(30(3)4)24-33(23-31)34-25-35(27-36(26-34)41-28-37(20-21-47-41)46(5,6)7)39-17-13-18-42-44(39)48-45(40-16-11-12-19-43(40)50)49(42)38-14-9-8-10-15-38;/h8-26,28-30,50H,1-7H3;/q-1;. The van der Waals surface area contributed by atoms with Crippen molar-refractivity contribution in [1.82, 2.24) is 14.5 Å². The summed E-state index contributed by atoms with van der Waals surface area (Å²) in [7, 11) is 0. The number of benzene rings is 5. The van der Waals surface area contributed by atoms with Gasteiger partial charge in [0.2, 0.25) is 0 Å². The zero-order valence-corrected chi connectivity index (χ0v) is 32.6. The Hall–Kier alpha value is -4.79. The molecule has 0 fully saturated rings. The van der Waals surface area contributed by atoms with Gasteiger partial charge in [0.05, 0.1) is 16.6 Å². The average Bonchev–Trinajstić information content (AvgIpc) is 3.51. The molecule has 7 rings (SSSR count). The summed E-state index contributed by atoms with van der Waals surface area (Å²) >= 11 is 0. The Morgan fingerprint density at radius 3 is 1.96 bits per heavy atom. The fourth-order valence-electron chi connectivity index (χ4n) is 6.57. The smallest absolute Gasteiger partial charge is 0.148 e. The van der Waals surface area contributed by atoms with Crippen molar-refractivity contribution in [3.05, 3.63) is 144 Å². The van der Waals surface area contributed by atoms with E-state index in [1.165, 1.54) is 22.3 Å². The van der Waals surface area contributed by atoms with Gasteiger partial charge in [0.15, 0.2) is 0 Å². The van der Waals surface area contributed by atoms with E-state index in [0.717, 1.165) is 44.7 Å². The molecule has 0 saturated carbocycles. The molecule has 260 valence electrons. The van der Waals surface area contributed by atoms with Crippen LogP contribution in [0.4, 0.5) is 0 Å². The second kappa shape index (κ2) is 14.4. The Balaban J connectivity index is 0.00000448. The van der Waals surface area contributed by atoms with Crippen molar-refractivity contribution in [3.63, 3.8) is 0 Å². The van der Waals surface area contributed by atoms with Crippen LogP contribution in [0.1, 0.15) is 77.0 Å². The minimum absolute atomic E-state index is 0. The molecule has 7 aromatic rings. The quantitative estimate of drug-likeness (QED) is 0.163. The van der Waals surface area contributed by atoms with E-state index in [-0.39, 0.29) is 32.2 Å². The zero-order valence-electron chi connectivity index (χ0n) is 30.3. The monoisotopic (exact) mass is 849 g/mol.